The number of halogens is 3. The van der Waals surface area contributed by atoms with Crippen LogP contribution in [0.1, 0.15) is 5.69 Å². The zero-order valence-electron chi connectivity index (χ0n) is 11.2. The Kier molecular flexibility index (Phi) is 3.23. The van der Waals surface area contributed by atoms with Crippen LogP contribution in [-0.2, 0) is 6.18 Å². The van der Waals surface area contributed by atoms with Crippen molar-refractivity contribution in [1.29, 1.82) is 0 Å². The Morgan fingerprint density at radius 3 is 2.74 bits per heavy atom. The van der Waals surface area contributed by atoms with E-state index in [1.165, 1.54) is 11.3 Å². The summed E-state index contributed by atoms with van der Waals surface area (Å²) in [4.78, 5) is 8.08. The highest BCUT2D eigenvalue weighted by atomic mass is 32.2. The average molecular weight is 353 g/mol. The zero-order chi connectivity index (χ0) is 16.0. The molecule has 0 aliphatic carbocycles. The van der Waals surface area contributed by atoms with Crippen molar-refractivity contribution < 1.29 is 13.2 Å². The fraction of sp³-hybridized carbons (Fsp3) is 0.0769. The lowest BCUT2D eigenvalue weighted by Crippen LogP contribution is -2.08. The number of rotatable bonds is 2. The fourth-order valence-corrected chi connectivity index (χ4v) is 3.85. The third kappa shape index (κ3) is 2.53. The van der Waals surface area contributed by atoms with Crippen LogP contribution < -0.4 is 0 Å². The van der Waals surface area contributed by atoms with Crippen molar-refractivity contribution in [2.24, 2.45) is 0 Å². The zero-order valence-corrected chi connectivity index (χ0v) is 12.8. The third-order valence-electron chi connectivity index (χ3n) is 3.02. The summed E-state index contributed by atoms with van der Waals surface area (Å²) < 4.78 is 41.0. The van der Waals surface area contributed by atoms with Crippen LogP contribution >= 0.6 is 23.1 Å². The molecule has 0 aliphatic rings. The van der Waals surface area contributed by atoms with Gasteiger partial charge in [0.1, 0.15) is 5.69 Å². The lowest BCUT2D eigenvalue weighted by Gasteiger charge is -2.05. The number of benzene rings is 1. The van der Waals surface area contributed by atoms with Gasteiger partial charge < -0.3 is 0 Å². The highest BCUT2D eigenvalue weighted by Gasteiger charge is 2.33. The molecule has 23 heavy (non-hydrogen) atoms. The van der Waals surface area contributed by atoms with E-state index >= 15 is 0 Å². The van der Waals surface area contributed by atoms with Crippen molar-refractivity contribution in [3.63, 3.8) is 0 Å². The Balaban J connectivity index is 1.79. The SMILES string of the molecule is FC(F)(F)c1ccnc(Sc2nnc3sc4ccccc4n23)n1. The molecule has 3 aromatic heterocycles. The summed E-state index contributed by atoms with van der Waals surface area (Å²) in [7, 11) is 0. The summed E-state index contributed by atoms with van der Waals surface area (Å²) in [6.07, 6.45) is -3.42. The number of hydrogen-bond acceptors (Lipinski definition) is 6. The number of hydrogen-bond donors (Lipinski definition) is 0. The van der Waals surface area contributed by atoms with Crippen molar-refractivity contribution >= 4 is 38.3 Å². The van der Waals surface area contributed by atoms with Crippen molar-refractivity contribution in [2.45, 2.75) is 16.5 Å². The molecule has 5 nitrogen and oxygen atoms in total. The molecule has 116 valence electrons. The van der Waals surface area contributed by atoms with Gasteiger partial charge in [-0.25, -0.2) is 9.97 Å². The fourth-order valence-electron chi connectivity index (χ4n) is 2.05. The molecular formula is C13H6F3N5S2. The average Bonchev–Trinajstić information content (AvgIpc) is 3.07. The second-order valence-electron chi connectivity index (χ2n) is 4.49. The van der Waals surface area contributed by atoms with Gasteiger partial charge in [0, 0.05) is 6.20 Å². The van der Waals surface area contributed by atoms with Crippen molar-refractivity contribution in [2.75, 3.05) is 0 Å². The van der Waals surface area contributed by atoms with Crippen molar-refractivity contribution in [3.8, 4) is 0 Å². The van der Waals surface area contributed by atoms with Crippen molar-refractivity contribution in [1.82, 2.24) is 24.6 Å². The summed E-state index contributed by atoms with van der Waals surface area (Å²) in [6.45, 7) is 0. The van der Waals surface area contributed by atoms with E-state index in [0.717, 1.165) is 34.2 Å². The number of nitrogens with zero attached hydrogens (tertiary/aromatic N) is 5. The molecule has 4 rings (SSSR count). The molecule has 0 atom stereocenters. The van der Waals surface area contributed by atoms with E-state index in [1.54, 1.807) is 4.40 Å². The molecule has 0 N–H and O–H groups in total. The van der Waals surface area contributed by atoms with E-state index in [2.05, 4.69) is 20.2 Å². The largest absolute Gasteiger partial charge is 0.433 e. The van der Waals surface area contributed by atoms with Crippen LogP contribution in [0.15, 0.2) is 46.8 Å². The maximum Gasteiger partial charge on any atom is 0.433 e. The molecule has 10 heteroatoms. The topological polar surface area (TPSA) is 56.0 Å². The molecule has 0 amide bonds. The van der Waals surface area contributed by atoms with Crippen LogP contribution in [0.5, 0.6) is 0 Å². The molecule has 4 aromatic rings. The number of fused-ring (bicyclic) bond motifs is 3. The van der Waals surface area contributed by atoms with Gasteiger partial charge in [-0.3, -0.25) is 4.40 Å². The van der Waals surface area contributed by atoms with Gasteiger partial charge in [-0.05, 0) is 30.0 Å². The Labute approximate surface area is 135 Å². The Bertz CT molecular complexity index is 1010. The minimum atomic E-state index is -4.51. The maximum atomic E-state index is 12.7. The summed E-state index contributed by atoms with van der Waals surface area (Å²) in [6, 6.07) is 8.48. The van der Waals surface area contributed by atoms with Gasteiger partial charge in [-0.1, -0.05) is 23.5 Å². The number of aromatic nitrogens is 5. The number of alkyl halides is 3. The van der Waals surface area contributed by atoms with Crippen molar-refractivity contribution in [3.05, 3.63) is 42.2 Å². The molecule has 0 unspecified atom stereocenters. The Hall–Kier alpha value is -2.20. The maximum absolute atomic E-state index is 12.7. The standard InChI is InChI=1S/C13H6F3N5S2/c14-13(15,16)9-5-6-17-10(18-9)23-12-20-19-11-21(12)7-3-1-2-4-8(7)22-11/h1-6H. The van der Waals surface area contributed by atoms with Gasteiger partial charge in [0.15, 0.2) is 5.16 Å². The van der Waals surface area contributed by atoms with E-state index in [0.29, 0.717) is 10.1 Å². The van der Waals surface area contributed by atoms with E-state index in [9.17, 15) is 13.2 Å². The van der Waals surface area contributed by atoms with Gasteiger partial charge in [0.2, 0.25) is 10.1 Å². The minimum Gasteiger partial charge on any atom is -0.260 e. The highest BCUT2D eigenvalue weighted by Crippen LogP contribution is 2.33. The normalized spacial score (nSPS) is 12.3. The summed E-state index contributed by atoms with van der Waals surface area (Å²) in [5.41, 5.74) is -0.0853. The van der Waals surface area contributed by atoms with Crippen LogP contribution in [0.2, 0.25) is 0 Å². The molecular weight excluding hydrogens is 347 g/mol. The smallest absolute Gasteiger partial charge is 0.260 e. The lowest BCUT2D eigenvalue weighted by atomic mass is 10.3. The van der Waals surface area contributed by atoms with E-state index in [4.69, 9.17) is 0 Å². The molecule has 0 saturated heterocycles. The van der Waals surface area contributed by atoms with Crippen LogP contribution in [0.25, 0.3) is 15.2 Å². The predicted molar refractivity (Wildman–Crippen MR) is 79.5 cm³/mol. The van der Waals surface area contributed by atoms with E-state index in [-0.39, 0.29) is 5.16 Å². The molecule has 0 radical (unpaired) electrons. The van der Waals surface area contributed by atoms with Gasteiger partial charge in [0.05, 0.1) is 10.2 Å². The molecule has 0 spiro atoms. The van der Waals surface area contributed by atoms with Crippen LogP contribution in [0, 0.1) is 0 Å². The Morgan fingerprint density at radius 1 is 1.09 bits per heavy atom. The van der Waals surface area contributed by atoms with Crippen LogP contribution in [0.3, 0.4) is 0 Å². The van der Waals surface area contributed by atoms with Gasteiger partial charge in [0.25, 0.3) is 0 Å². The Morgan fingerprint density at radius 2 is 1.91 bits per heavy atom. The predicted octanol–water partition coefficient (Wildman–Crippen LogP) is 3.90. The number of thiazole rings is 1. The molecule has 0 saturated carbocycles. The molecule has 0 aliphatic heterocycles. The summed E-state index contributed by atoms with van der Waals surface area (Å²) >= 11 is 2.40. The monoisotopic (exact) mass is 353 g/mol. The third-order valence-corrected chi connectivity index (χ3v) is 4.86. The highest BCUT2D eigenvalue weighted by molar-refractivity contribution is 7.99. The first-order valence-electron chi connectivity index (χ1n) is 6.33. The molecule has 0 fully saturated rings. The van der Waals surface area contributed by atoms with E-state index < -0.39 is 11.9 Å². The first-order valence-corrected chi connectivity index (χ1v) is 7.96. The van der Waals surface area contributed by atoms with Gasteiger partial charge in [-0.15, -0.1) is 10.2 Å². The quantitative estimate of drug-likeness (QED) is 0.512. The summed E-state index contributed by atoms with van der Waals surface area (Å²) in [5.74, 6) is 0. The lowest BCUT2D eigenvalue weighted by molar-refractivity contribution is -0.141. The van der Waals surface area contributed by atoms with Gasteiger partial charge in [-0.2, -0.15) is 13.2 Å². The van der Waals surface area contributed by atoms with Crippen LogP contribution in [-0.4, -0.2) is 24.6 Å². The van der Waals surface area contributed by atoms with Gasteiger partial charge >= 0.3 is 6.18 Å². The first kappa shape index (κ1) is 14.4. The molecule has 1 aromatic carbocycles. The number of para-hydroxylation sites is 1. The molecule has 3 heterocycles. The summed E-state index contributed by atoms with van der Waals surface area (Å²) in [5, 5.41) is 8.48. The van der Waals surface area contributed by atoms with Crippen LogP contribution in [0.4, 0.5) is 13.2 Å². The second-order valence-corrected chi connectivity index (χ2v) is 6.44. The first-order chi connectivity index (χ1) is 11.0. The molecule has 0 bridgehead atoms. The second kappa shape index (κ2) is 5.17. The van der Waals surface area contributed by atoms with E-state index in [1.807, 2.05) is 24.3 Å². The minimum absolute atomic E-state index is 0.0237.